The molecule has 1 aromatic carbocycles. The topological polar surface area (TPSA) is 58.9 Å². The molecule has 1 aromatic rings. The van der Waals surface area contributed by atoms with Crippen molar-refractivity contribution in [2.75, 3.05) is 14.2 Å². The Kier molecular flexibility index (Phi) is 4.44. The minimum atomic E-state index is -0.571. The average molecular weight is 291 g/mol. The van der Waals surface area contributed by atoms with E-state index in [0.717, 1.165) is 0 Å². The molecule has 1 atom stereocenters. The van der Waals surface area contributed by atoms with E-state index in [-0.39, 0.29) is 5.75 Å². The number of halogens is 1. The van der Waals surface area contributed by atoms with Gasteiger partial charge in [-0.05, 0) is 22.9 Å². The quantitative estimate of drug-likeness (QED) is 0.892. The molecule has 16 heavy (non-hydrogen) atoms. The summed E-state index contributed by atoms with van der Waals surface area (Å²) in [6, 6.07) is 1.62. The minimum absolute atomic E-state index is 0.0681. The van der Waals surface area contributed by atoms with Gasteiger partial charge in [-0.3, -0.25) is 0 Å². The molecule has 0 aliphatic heterocycles. The maximum absolute atomic E-state index is 9.88. The van der Waals surface area contributed by atoms with Crippen molar-refractivity contribution in [3.05, 3.63) is 16.1 Å². The molecule has 0 spiro atoms. The summed E-state index contributed by atoms with van der Waals surface area (Å²) in [5.41, 5.74) is 0.531. The van der Waals surface area contributed by atoms with Crippen LogP contribution in [0.5, 0.6) is 17.2 Å². The van der Waals surface area contributed by atoms with Gasteiger partial charge in [-0.2, -0.15) is 0 Å². The highest BCUT2D eigenvalue weighted by Crippen LogP contribution is 2.42. The fourth-order valence-electron chi connectivity index (χ4n) is 1.51. The number of aliphatic hydroxyl groups excluding tert-OH is 1. The summed E-state index contributed by atoms with van der Waals surface area (Å²) < 4.78 is 10.8. The zero-order valence-electron chi connectivity index (χ0n) is 9.45. The largest absolute Gasteiger partial charge is 0.506 e. The third kappa shape index (κ3) is 2.59. The molecule has 0 aromatic heterocycles. The van der Waals surface area contributed by atoms with Crippen LogP contribution in [0.3, 0.4) is 0 Å². The Morgan fingerprint density at radius 1 is 1.38 bits per heavy atom. The van der Waals surface area contributed by atoms with E-state index in [0.29, 0.717) is 28.0 Å². The molecule has 0 aliphatic rings. The average Bonchev–Trinajstić information content (AvgIpc) is 2.23. The van der Waals surface area contributed by atoms with Crippen LogP contribution in [-0.2, 0) is 6.42 Å². The van der Waals surface area contributed by atoms with Crippen molar-refractivity contribution in [1.29, 1.82) is 0 Å². The van der Waals surface area contributed by atoms with E-state index in [4.69, 9.17) is 9.47 Å². The molecule has 5 heteroatoms. The summed E-state index contributed by atoms with van der Waals surface area (Å²) in [6.45, 7) is 1.65. The van der Waals surface area contributed by atoms with Gasteiger partial charge in [0.05, 0.1) is 24.8 Å². The second-order valence-electron chi connectivity index (χ2n) is 3.47. The maximum Gasteiger partial charge on any atom is 0.167 e. The monoisotopic (exact) mass is 290 g/mol. The van der Waals surface area contributed by atoms with Crippen molar-refractivity contribution in [2.45, 2.75) is 19.4 Å². The van der Waals surface area contributed by atoms with E-state index in [1.54, 1.807) is 13.0 Å². The van der Waals surface area contributed by atoms with Crippen LogP contribution in [0.15, 0.2) is 10.5 Å². The molecular formula is C11H15BrO4. The van der Waals surface area contributed by atoms with Crippen molar-refractivity contribution < 1.29 is 19.7 Å². The number of aliphatic hydroxyl groups is 1. The van der Waals surface area contributed by atoms with E-state index < -0.39 is 6.10 Å². The summed E-state index contributed by atoms with van der Waals surface area (Å²) in [7, 11) is 3.02. The van der Waals surface area contributed by atoms with Gasteiger partial charge < -0.3 is 19.7 Å². The van der Waals surface area contributed by atoms with Crippen LogP contribution in [0.2, 0.25) is 0 Å². The van der Waals surface area contributed by atoms with E-state index in [9.17, 15) is 10.2 Å². The van der Waals surface area contributed by atoms with Gasteiger partial charge in [-0.25, -0.2) is 0 Å². The molecule has 0 radical (unpaired) electrons. The molecular weight excluding hydrogens is 276 g/mol. The van der Waals surface area contributed by atoms with Gasteiger partial charge in [-0.1, -0.05) is 0 Å². The Balaban J connectivity index is 3.34. The number of hydrogen-bond acceptors (Lipinski definition) is 4. The second-order valence-corrected chi connectivity index (χ2v) is 4.33. The first-order valence-corrected chi connectivity index (χ1v) is 5.61. The number of phenols is 1. The first-order chi connectivity index (χ1) is 7.51. The first-order valence-electron chi connectivity index (χ1n) is 4.81. The molecule has 0 bridgehead atoms. The summed E-state index contributed by atoms with van der Waals surface area (Å²) in [5, 5.41) is 19.3. The molecule has 90 valence electrons. The van der Waals surface area contributed by atoms with Gasteiger partial charge >= 0.3 is 0 Å². The van der Waals surface area contributed by atoms with Crippen molar-refractivity contribution in [3.8, 4) is 17.2 Å². The van der Waals surface area contributed by atoms with Crippen molar-refractivity contribution in [2.24, 2.45) is 0 Å². The van der Waals surface area contributed by atoms with Crippen LogP contribution in [0.25, 0.3) is 0 Å². The molecule has 0 amide bonds. The smallest absolute Gasteiger partial charge is 0.167 e. The van der Waals surface area contributed by atoms with Gasteiger partial charge in [-0.15, -0.1) is 0 Å². The Labute approximate surface area is 103 Å². The normalized spacial score (nSPS) is 12.3. The minimum Gasteiger partial charge on any atom is -0.506 e. The number of methoxy groups -OCH3 is 2. The summed E-state index contributed by atoms with van der Waals surface area (Å²) in [5.74, 6) is 1.03. The van der Waals surface area contributed by atoms with Crippen LogP contribution in [0, 0.1) is 0 Å². The van der Waals surface area contributed by atoms with Crippen molar-refractivity contribution in [3.63, 3.8) is 0 Å². The van der Waals surface area contributed by atoms with Gasteiger partial charge in [0, 0.05) is 18.1 Å². The summed E-state index contributed by atoms with van der Waals surface area (Å²) >= 11 is 3.22. The van der Waals surface area contributed by atoms with Gasteiger partial charge in [0.2, 0.25) is 0 Å². The van der Waals surface area contributed by atoms with Gasteiger partial charge in [0.15, 0.2) is 11.5 Å². The van der Waals surface area contributed by atoms with Gasteiger partial charge in [0.25, 0.3) is 0 Å². The van der Waals surface area contributed by atoms with E-state index in [2.05, 4.69) is 15.9 Å². The Hall–Kier alpha value is -0.940. The van der Waals surface area contributed by atoms with Crippen LogP contribution in [0.4, 0.5) is 0 Å². The predicted octanol–water partition coefficient (Wildman–Crippen LogP) is 2.10. The van der Waals surface area contributed by atoms with Crippen molar-refractivity contribution in [1.82, 2.24) is 0 Å². The Morgan fingerprint density at radius 3 is 2.44 bits per heavy atom. The number of hydrogen-bond donors (Lipinski definition) is 2. The molecule has 0 fully saturated rings. The molecule has 1 unspecified atom stereocenters. The summed E-state index contributed by atoms with van der Waals surface area (Å²) in [6.07, 6.45) is -0.274. The van der Waals surface area contributed by atoms with Crippen LogP contribution in [-0.4, -0.2) is 30.5 Å². The Bertz CT molecular complexity index is 377. The number of phenolic OH excluding ortho intramolecular Hbond substituents is 1. The SMILES string of the molecule is COc1cc(Br)c(O)c(CC(C)O)c1OC. The zero-order chi connectivity index (χ0) is 12.3. The lowest BCUT2D eigenvalue weighted by atomic mass is 10.1. The van der Waals surface area contributed by atoms with Crippen LogP contribution in [0.1, 0.15) is 12.5 Å². The highest BCUT2D eigenvalue weighted by Gasteiger charge is 2.19. The lowest BCUT2D eigenvalue weighted by Gasteiger charge is -2.16. The third-order valence-electron chi connectivity index (χ3n) is 2.19. The zero-order valence-corrected chi connectivity index (χ0v) is 11.0. The van der Waals surface area contributed by atoms with Gasteiger partial charge in [0.1, 0.15) is 5.75 Å². The molecule has 0 saturated heterocycles. The van der Waals surface area contributed by atoms with Crippen LogP contribution < -0.4 is 9.47 Å². The van der Waals surface area contributed by atoms with E-state index >= 15 is 0 Å². The molecule has 4 nitrogen and oxygen atoms in total. The molecule has 0 aliphatic carbocycles. The molecule has 0 heterocycles. The number of benzene rings is 1. The molecule has 0 saturated carbocycles. The highest BCUT2D eigenvalue weighted by atomic mass is 79.9. The van der Waals surface area contributed by atoms with E-state index in [1.807, 2.05) is 0 Å². The number of aromatic hydroxyl groups is 1. The predicted molar refractivity (Wildman–Crippen MR) is 64.3 cm³/mol. The molecule has 2 N–H and O–H groups in total. The maximum atomic E-state index is 9.88. The number of rotatable bonds is 4. The lowest BCUT2D eigenvalue weighted by Crippen LogP contribution is -2.07. The fourth-order valence-corrected chi connectivity index (χ4v) is 1.96. The Morgan fingerprint density at radius 2 is 2.00 bits per heavy atom. The second kappa shape index (κ2) is 5.41. The van der Waals surface area contributed by atoms with Crippen molar-refractivity contribution >= 4 is 15.9 Å². The standard InChI is InChI=1S/C11H15BrO4/c1-6(13)4-7-10(14)8(12)5-9(15-2)11(7)16-3/h5-6,13-14H,4H2,1-3H3. The summed E-state index contributed by atoms with van der Waals surface area (Å²) in [4.78, 5) is 0. The first kappa shape index (κ1) is 13.1. The lowest BCUT2D eigenvalue weighted by molar-refractivity contribution is 0.192. The fraction of sp³-hybridized carbons (Fsp3) is 0.455. The number of ether oxygens (including phenoxy) is 2. The van der Waals surface area contributed by atoms with E-state index in [1.165, 1.54) is 14.2 Å². The third-order valence-corrected chi connectivity index (χ3v) is 2.80. The molecule has 1 rings (SSSR count). The highest BCUT2D eigenvalue weighted by molar-refractivity contribution is 9.10. The van der Waals surface area contributed by atoms with Crippen LogP contribution >= 0.6 is 15.9 Å².